The Kier molecular flexibility index (Phi) is 5.29. The third-order valence-electron chi connectivity index (χ3n) is 3.22. The van der Waals surface area contributed by atoms with Gasteiger partial charge in [-0.05, 0) is 30.0 Å². The SMILES string of the molecule is O=C(O)NCCCC(O)c1ccccc1-c1cccnc1. The Morgan fingerprint density at radius 3 is 2.76 bits per heavy atom. The summed E-state index contributed by atoms with van der Waals surface area (Å²) in [5, 5.41) is 21.1. The summed E-state index contributed by atoms with van der Waals surface area (Å²) in [6.07, 6.45) is 2.88. The number of amides is 1. The first-order valence-electron chi connectivity index (χ1n) is 6.82. The number of carbonyl (C=O) groups is 1. The average molecular weight is 286 g/mol. The molecule has 21 heavy (non-hydrogen) atoms. The van der Waals surface area contributed by atoms with E-state index in [1.54, 1.807) is 12.4 Å². The zero-order chi connectivity index (χ0) is 15.1. The highest BCUT2D eigenvalue weighted by atomic mass is 16.4. The largest absolute Gasteiger partial charge is 0.465 e. The standard InChI is InChI=1S/C16H18N2O3/c19-15(8-4-10-18-16(20)21)14-7-2-1-6-13(14)12-5-3-9-17-11-12/h1-3,5-7,9,11,15,18-19H,4,8,10H2,(H,20,21). The molecule has 1 atom stereocenters. The molecule has 1 amide bonds. The summed E-state index contributed by atoms with van der Waals surface area (Å²) in [5.41, 5.74) is 2.74. The molecule has 1 heterocycles. The van der Waals surface area contributed by atoms with Gasteiger partial charge in [0.25, 0.3) is 0 Å². The maximum atomic E-state index is 10.4. The summed E-state index contributed by atoms with van der Waals surface area (Å²) in [7, 11) is 0. The zero-order valence-corrected chi connectivity index (χ0v) is 11.6. The van der Waals surface area contributed by atoms with E-state index in [0.29, 0.717) is 19.4 Å². The summed E-state index contributed by atoms with van der Waals surface area (Å²) >= 11 is 0. The van der Waals surface area contributed by atoms with Gasteiger partial charge in [-0.15, -0.1) is 0 Å². The predicted molar refractivity (Wildman–Crippen MR) is 79.9 cm³/mol. The number of pyridine rings is 1. The maximum absolute atomic E-state index is 10.4. The van der Waals surface area contributed by atoms with Crippen LogP contribution in [0.2, 0.25) is 0 Å². The van der Waals surface area contributed by atoms with Crippen molar-refractivity contribution in [2.24, 2.45) is 0 Å². The van der Waals surface area contributed by atoms with Crippen molar-refractivity contribution >= 4 is 6.09 Å². The van der Waals surface area contributed by atoms with Crippen molar-refractivity contribution in [3.05, 3.63) is 54.4 Å². The Bertz CT molecular complexity index is 587. The number of hydrogen-bond acceptors (Lipinski definition) is 3. The lowest BCUT2D eigenvalue weighted by Gasteiger charge is -2.15. The molecule has 2 rings (SSSR count). The molecule has 5 heteroatoms. The van der Waals surface area contributed by atoms with Crippen LogP contribution < -0.4 is 5.32 Å². The number of aliphatic hydroxyl groups excluding tert-OH is 1. The molecule has 3 N–H and O–H groups in total. The predicted octanol–water partition coefficient (Wildman–Crippen LogP) is 2.83. The molecule has 0 radical (unpaired) electrons. The molecule has 1 aromatic heterocycles. The number of nitrogens with one attached hydrogen (secondary N) is 1. The van der Waals surface area contributed by atoms with Gasteiger partial charge in [0.1, 0.15) is 0 Å². The van der Waals surface area contributed by atoms with Crippen molar-refractivity contribution in [3.8, 4) is 11.1 Å². The fraction of sp³-hybridized carbons (Fsp3) is 0.250. The normalized spacial score (nSPS) is 11.9. The van der Waals surface area contributed by atoms with E-state index in [1.807, 2.05) is 36.4 Å². The van der Waals surface area contributed by atoms with Crippen LogP contribution in [0.5, 0.6) is 0 Å². The van der Waals surface area contributed by atoms with Crippen LogP contribution in [-0.2, 0) is 0 Å². The van der Waals surface area contributed by atoms with E-state index in [1.165, 1.54) is 0 Å². The minimum atomic E-state index is -1.04. The van der Waals surface area contributed by atoms with Gasteiger partial charge in [-0.1, -0.05) is 30.3 Å². The molecule has 0 aliphatic heterocycles. The van der Waals surface area contributed by atoms with Crippen molar-refractivity contribution in [1.82, 2.24) is 10.3 Å². The van der Waals surface area contributed by atoms with Gasteiger partial charge < -0.3 is 15.5 Å². The third-order valence-corrected chi connectivity index (χ3v) is 3.22. The Hall–Kier alpha value is -2.40. The number of hydrogen-bond donors (Lipinski definition) is 3. The maximum Gasteiger partial charge on any atom is 0.404 e. The van der Waals surface area contributed by atoms with Crippen molar-refractivity contribution in [2.75, 3.05) is 6.54 Å². The second-order valence-electron chi connectivity index (χ2n) is 4.72. The van der Waals surface area contributed by atoms with E-state index in [-0.39, 0.29) is 0 Å². The molecule has 5 nitrogen and oxygen atoms in total. The zero-order valence-electron chi connectivity index (χ0n) is 11.6. The van der Waals surface area contributed by atoms with E-state index in [4.69, 9.17) is 5.11 Å². The van der Waals surface area contributed by atoms with Crippen molar-refractivity contribution in [1.29, 1.82) is 0 Å². The molecule has 1 unspecified atom stereocenters. The average Bonchev–Trinajstić information content (AvgIpc) is 2.52. The molecule has 1 aromatic carbocycles. The molecule has 110 valence electrons. The number of aromatic nitrogens is 1. The highest BCUT2D eigenvalue weighted by Gasteiger charge is 2.13. The molecule has 0 aliphatic rings. The van der Waals surface area contributed by atoms with Gasteiger partial charge in [0.05, 0.1) is 6.10 Å². The first kappa shape index (κ1) is 15.0. The first-order chi connectivity index (χ1) is 10.2. The van der Waals surface area contributed by atoms with Gasteiger partial charge in [-0.3, -0.25) is 4.98 Å². The molecular weight excluding hydrogens is 268 g/mol. The Balaban J connectivity index is 2.07. The molecule has 0 saturated heterocycles. The fourth-order valence-corrected chi connectivity index (χ4v) is 2.22. The molecule has 0 bridgehead atoms. The number of carboxylic acid groups (broad SMARTS) is 1. The van der Waals surface area contributed by atoms with E-state index >= 15 is 0 Å². The lowest BCUT2D eigenvalue weighted by atomic mass is 9.95. The second-order valence-corrected chi connectivity index (χ2v) is 4.72. The monoisotopic (exact) mass is 286 g/mol. The van der Waals surface area contributed by atoms with Gasteiger partial charge >= 0.3 is 6.09 Å². The van der Waals surface area contributed by atoms with E-state index < -0.39 is 12.2 Å². The van der Waals surface area contributed by atoms with E-state index in [0.717, 1.165) is 16.7 Å². The van der Waals surface area contributed by atoms with Crippen molar-refractivity contribution in [3.63, 3.8) is 0 Å². The molecule has 0 fully saturated rings. The van der Waals surface area contributed by atoms with Crippen molar-refractivity contribution < 1.29 is 15.0 Å². The topological polar surface area (TPSA) is 82.5 Å². The van der Waals surface area contributed by atoms with Crippen molar-refractivity contribution in [2.45, 2.75) is 18.9 Å². The van der Waals surface area contributed by atoms with Crippen LogP contribution >= 0.6 is 0 Å². The molecular formula is C16H18N2O3. The molecule has 0 aliphatic carbocycles. The number of benzene rings is 1. The van der Waals surface area contributed by atoms with Gasteiger partial charge in [-0.2, -0.15) is 0 Å². The Morgan fingerprint density at radius 2 is 2.05 bits per heavy atom. The van der Waals surface area contributed by atoms with Gasteiger partial charge in [-0.25, -0.2) is 4.79 Å². The second kappa shape index (κ2) is 7.40. The Labute approximate surface area is 123 Å². The Morgan fingerprint density at radius 1 is 1.24 bits per heavy atom. The van der Waals surface area contributed by atoms with Crippen LogP contribution in [0.1, 0.15) is 24.5 Å². The minimum absolute atomic E-state index is 0.335. The first-order valence-corrected chi connectivity index (χ1v) is 6.82. The van der Waals surface area contributed by atoms with Gasteiger partial charge in [0.15, 0.2) is 0 Å². The van der Waals surface area contributed by atoms with Crippen LogP contribution in [0.25, 0.3) is 11.1 Å². The summed E-state index contributed by atoms with van der Waals surface area (Å²) in [5.74, 6) is 0. The summed E-state index contributed by atoms with van der Waals surface area (Å²) in [4.78, 5) is 14.5. The highest BCUT2D eigenvalue weighted by Crippen LogP contribution is 2.29. The molecule has 2 aromatic rings. The molecule has 0 saturated carbocycles. The number of rotatable bonds is 6. The quantitative estimate of drug-likeness (QED) is 0.713. The van der Waals surface area contributed by atoms with Gasteiger partial charge in [0, 0.05) is 24.5 Å². The van der Waals surface area contributed by atoms with Crippen LogP contribution in [0, 0.1) is 0 Å². The van der Waals surface area contributed by atoms with Gasteiger partial charge in [0.2, 0.25) is 0 Å². The van der Waals surface area contributed by atoms with E-state index in [2.05, 4.69) is 10.3 Å². The lowest BCUT2D eigenvalue weighted by Crippen LogP contribution is -2.22. The summed E-state index contributed by atoms with van der Waals surface area (Å²) in [6, 6.07) is 11.4. The van der Waals surface area contributed by atoms with Crippen LogP contribution in [0.4, 0.5) is 4.79 Å². The number of aliphatic hydroxyl groups is 1. The van der Waals surface area contributed by atoms with Crippen LogP contribution in [0.3, 0.4) is 0 Å². The minimum Gasteiger partial charge on any atom is -0.465 e. The summed E-state index contributed by atoms with van der Waals surface area (Å²) in [6.45, 7) is 0.335. The van der Waals surface area contributed by atoms with E-state index in [9.17, 15) is 9.90 Å². The van der Waals surface area contributed by atoms with Crippen LogP contribution in [-0.4, -0.2) is 27.8 Å². The smallest absolute Gasteiger partial charge is 0.404 e. The lowest BCUT2D eigenvalue weighted by molar-refractivity contribution is 0.163. The highest BCUT2D eigenvalue weighted by molar-refractivity contribution is 5.67. The number of nitrogens with zero attached hydrogens (tertiary/aromatic N) is 1. The summed E-state index contributed by atoms with van der Waals surface area (Å²) < 4.78 is 0. The van der Waals surface area contributed by atoms with Crippen LogP contribution in [0.15, 0.2) is 48.8 Å². The third kappa shape index (κ3) is 4.29. The fourth-order valence-electron chi connectivity index (χ4n) is 2.22. The molecule has 0 spiro atoms.